The third kappa shape index (κ3) is 4.55. The van der Waals surface area contributed by atoms with Crippen molar-refractivity contribution in [3.05, 3.63) is 70.8 Å². The van der Waals surface area contributed by atoms with E-state index in [1.165, 1.54) is 0 Å². The number of carbonyl (C=O) groups is 3. The average molecular weight is 373 g/mol. The van der Waals surface area contributed by atoms with Gasteiger partial charge in [-0.25, -0.2) is 13.6 Å². The molecular weight excluding hydrogens is 356 g/mol. The van der Waals surface area contributed by atoms with E-state index in [4.69, 9.17) is 4.74 Å². The predicted molar refractivity (Wildman–Crippen MR) is 92.1 cm³/mol. The van der Waals surface area contributed by atoms with E-state index in [1.54, 1.807) is 29.2 Å². The number of rotatable bonds is 6. The van der Waals surface area contributed by atoms with Crippen LogP contribution in [0.3, 0.4) is 0 Å². The minimum atomic E-state index is -1.14. The summed E-state index contributed by atoms with van der Waals surface area (Å²) in [7, 11) is 0. The van der Waals surface area contributed by atoms with E-state index in [0.29, 0.717) is 13.0 Å². The molecule has 140 valence electrons. The quantitative estimate of drug-likeness (QED) is 0.577. The Kier molecular flexibility index (Phi) is 5.59. The molecule has 1 amide bonds. The van der Waals surface area contributed by atoms with Crippen molar-refractivity contribution in [1.82, 2.24) is 4.90 Å². The predicted octanol–water partition coefficient (Wildman–Crippen LogP) is 3.13. The van der Waals surface area contributed by atoms with E-state index in [9.17, 15) is 23.2 Å². The fourth-order valence-electron chi connectivity index (χ4n) is 2.81. The lowest BCUT2D eigenvalue weighted by Crippen LogP contribution is -2.23. The molecule has 3 rings (SSSR count). The number of carbonyl (C=O) groups excluding carboxylic acids is 3. The monoisotopic (exact) mass is 373 g/mol. The summed E-state index contributed by atoms with van der Waals surface area (Å²) in [5.74, 6) is -3.41. The number of ether oxygens (including phenoxy) is 1. The Morgan fingerprint density at radius 3 is 2.33 bits per heavy atom. The fourth-order valence-corrected chi connectivity index (χ4v) is 2.81. The number of hydrogen-bond acceptors (Lipinski definition) is 4. The van der Waals surface area contributed by atoms with Gasteiger partial charge in [0.1, 0.15) is 0 Å². The van der Waals surface area contributed by atoms with Gasteiger partial charge in [-0.15, -0.1) is 0 Å². The van der Waals surface area contributed by atoms with E-state index in [1.807, 2.05) is 0 Å². The molecule has 1 aliphatic heterocycles. The Morgan fingerprint density at radius 2 is 1.70 bits per heavy atom. The summed E-state index contributed by atoms with van der Waals surface area (Å²) in [6.45, 7) is 0.644. The third-order valence-electron chi connectivity index (χ3n) is 4.31. The van der Waals surface area contributed by atoms with Crippen molar-refractivity contribution in [2.24, 2.45) is 0 Å². The maximum atomic E-state index is 13.2. The number of ketones is 1. The average Bonchev–Trinajstić information content (AvgIpc) is 3.07. The fraction of sp³-hybridized carbons (Fsp3) is 0.250. The van der Waals surface area contributed by atoms with Crippen molar-refractivity contribution in [2.75, 3.05) is 13.2 Å². The van der Waals surface area contributed by atoms with Gasteiger partial charge in [0.25, 0.3) is 0 Å². The van der Waals surface area contributed by atoms with Crippen LogP contribution in [-0.2, 0) is 16.1 Å². The van der Waals surface area contributed by atoms with Gasteiger partial charge >= 0.3 is 5.97 Å². The summed E-state index contributed by atoms with van der Waals surface area (Å²) in [5.41, 5.74) is 1.07. The number of esters is 1. The molecule has 7 heteroatoms. The molecular formula is C20H17F2NO4. The van der Waals surface area contributed by atoms with Crippen molar-refractivity contribution in [2.45, 2.75) is 19.4 Å². The van der Waals surface area contributed by atoms with Crippen molar-refractivity contribution < 1.29 is 27.9 Å². The van der Waals surface area contributed by atoms with Gasteiger partial charge in [0.2, 0.25) is 5.91 Å². The molecule has 1 saturated heterocycles. The molecule has 0 spiro atoms. The van der Waals surface area contributed by atoms with Crippen LogP contribution in [0.4, 0.5) is 8.78 Å². The van der Waals surface area contributed by atoms with E-state index in [2.05, 4.69) is 0 Å². The molecule has 1 aliphatic rings. The molecule has 0 N–H and O–H groups in total. The van der Waals surface area contributed by atoms with E-state index in [0.717, 1.165) is 36.7 Å². The summed E-state index contributed by atoms with van der Waals surface area (Å²) >= 11 is 0. The number of benzene rings is 2. The molecule has 2 aromatic rings. The standard InChI is InChI=1S/C20H17F2NO4/c21-16-8-7-15(10-17(16)22)18(24)12-27-20(26)14-5-3-13(4-6-14)11-23-9-1-2-19(23)25/h3-8,10H,1-2,9,11-12H2. The summed E-state index contributed by atoms with van der Waals surface area (Å²) in [4.78, 5) is 37.3. The lowest BCUT2D eigenvalue weighted by atomic mass is 10.1. The SMILES string of the molecule is O=C(COC(=O)c1ccc(CN2CCCC2=O)cc1)c1ccc(F)c(F)c1. The molecule has 1 heterocycles. The molecule has 0 unspecified atom stereocenters. The second-order valence-corrected chi connectivity index (χ2v) is 6.24. The van der Waals surface area contributed by atoms with Crippen molar-refractivity contribution >= 4 is 17.7 Å². The largest absolute Gasteiger partial charge is 0.454 e. The number of hydrogen-bond donors (Lipinski definition) is 0. The highest BCUT2D eigenvalue weighted by Crippen LogP contribution is 2.15. The van der Waals surface area contributed by atoms with Gasteiger partial charge in [0, 0.05) is 25.1 Å². The normalized spacial score (nSPS) is 13.7. The molecule has 1 fully saturated rings. The zero-order valence-electron chi connectivity index (χ0n) is 14.4. The van der Waals surface area contributed by atoms with Gasteiger partial charge in [-0.1, -0.05) is 12.1 Å². The number of amides is 1. The van der Waals surface area contributed by atoms with Gasteiger partial charge in [-0.2, -0.15) is 0 Å². The summed E-state index contributed by atoms with van der Waals surface area (Å²) in [6, 6.07) is 9.29. The molecule has 0 aromatic heterocycles. The first-order chi connectivity index (χ1) is 12.9. The van der Waals surface area contributed by atoms with Gasteiger partial charge in [0.15, 0.2) is 24.0 Å². The smallest absolute Gasteiger partial charge is 0.338 e. The first-order valence-corrected chi connectivity index (χ1v) is 8.46. The molecule has 27 heavy (non-hydrogen) atoms. The molecule has 0 bridgehead atoms. The van der Waals surface area contributed by atoms with Crippen molar-refractivity contribution in [3.63, 3.8) is 0 Å². The number of likely N-dealkylation sites (tertiary alicyclic amines) is 1. The topological polar surface area (TPSA) is 63.7 Å². The maximum Gasteiger partial charge on any atom is 0.338 e. The van der Waals surface area contributed by atoms with Crippen LogP contribution in [-0.4, -0.2) is 35.7 Å². The Labute approximate surface area is 154 Å². The second kappa shape index (κ2) is 8.07. The van der Waals surface area contributed by atoms with Gasteiger partial charge in [0.05, 0.1) is 5.56 Å². The molecule has 0 saturated carbocycles. The number of Topliss-reactive ketones (excluding diaryl/α,β-unsaturated/α-hetero) is 1. The molecule has 0 radical (unpaired) electrons. The summed E-state index contributed by atoms with van der Waals surface area (Å²) < 4.78 is 31.0. The third-order valence-corrected chi connectivity index (χ3v) is 4.31. The summed E-state index contributed by atoms with van der Waals surface area (Å²) in [5, 5.41) is 0. The van der Waals surface area contributed by atoms with Crippen LogP contribution < -0.4 is 0 Å². The van der Waals surface area contributed by atoms with Crippen LogP contribution in [0.2, 0.25) is 0 Å². The Balaban J connectivity index is 1.55. The Hall–Kier alpha value is -3.09. The summed E-state index contributed by atoms with van der Waals surface area (Å²) in [6.07, 6.45) is 1.42. The van der Waals surface area contributed by atoms with Crippen LogP contribution in [0, 0.1) is 11.6 Å². The minimum absolute atomic E-state index is 0.0765. The Bertz CT molecular complexity index is 880. The van der Waals surface area contributed by atoms with Crippen molar-refractivity contribution in [3.8, 4) is 0 Å². The van der Waals surface area contributed by atoms with Crippen LogP contribution in [0.1, 0.15) is 39.1 Å². The van der Waals surface area contributed by atoms with E-state index < -0.39 is 30.0 Å². The Morgan fingerprint density at radius 1 is 1.00 bits per heavy atom. The first kappa shape index (κ1) is 18.7. The van der Waals surface area contributed by atoms with E-state index in [-0.39, 0.29) is 17.0 Å². The second-order valence-electron chi connectivity index (χ2n) is 6.24. The van der Waals surface area contributed by atoms with Crippen LogP contribution >= 0.6 is 0 Å². The highest BCUT2D eigenvalue weighted by atomic mass is 19.2. The van der Waals surface area contributed by atoms with Gasteiger partial charge in [-0.3, -0.25) is 9.59 Å². The van der Waals surface area contributed by atoms with Crippen LogP contribution in [0.15, 0.2) is 42.5 Å². The van der Waals surface area contributed by atoms with Gasteiger partial charge < -0.3 is 9.64 Å². The zero-order valence-corrected chi connectivity index (χ0v) is 14.4. The lowest BCUT2D eigenvalue weighted by Gasteiger charge is -2.15. The van der Waals surface area contributed by atoms with Crippen LogP contribution in [0.5, 0.6) is 0 Å². The number of halogens is 2. The highest BCUT2D eigenvalue weighted by Gasteiger charge is 2.20. The lowest BCUT2D eigenvalue weighted by molar-refractivity contribution is -0.128. The first-order valence-electron chi connectivity index (χ1n) is 8.46. The van der Waals surface area contributed by atoms with E-state index >= 15 is 0 Å². The minimum Gasteiger partial charge on any atom is -0.454 e. The number of nitrogens with zero attached hydrogens (tertiary/aromatic N) is 1. The molecule has 0 atom stereocenters. The molecule has 5 nitrogen and oxygen atoms in total. The molecule has 2 aromatic carbocycles. The van der Waals surface area contributed by atoms with Crippen molar-refractivity contribution in [1.29, 1.82) is 0 Å². The maximum absolute atomic E-state index is 13.2. The highest BCUT2D eigenvalue weighted by molar-refractivity contribution is 5.99. The van der Waals surface area contributed by atoms with Gasteiger partial charge in [-0.05, 0) is 42.3 Å². The zero-order chi connectivity index (χ0) is 19.4. The van der Waals surface area contributed by atoms with Crippen LogP contribution in [0.25, 0.3) is 0 Å². The molecule has 0 aliphatic carbocycles.